The lowest BCUT2D eigenvalue weighted by Gasteiger charge is -2.26. The summed E-state index contributed by atoms with van der Waals surface area (Å²) in [4.78, 5) is 25.8. The zero-order chi connectivity index (χ0) is 20.5. The number of carbonyl (C=O) groups is 2. The van der Waals surface area contributed by atoms with E-state index in [1.165, 1.54) is 0 Å². The molecule has 2 aromatic carbocycles. The van der Waals surface area contributed by atoms with E-state index in [4.69, 9.17) is 9.47 Å². The number of hydrazone groups is 1. The maximum absolute atomic E-state index is 12.2. The van der Waals surface area contributed by atoms with Crippen molar-refractivity contribution in [1.29, 1.82) is 0 Å². The van der Waals surface area contributed by atoms with Gasteiger partial charge >= 0.3 is 0 Å². The van der Waals surface area contributed by atoms with Crippen molar-refractivity contribution < 1.29 is 19.1 Å². The Hall–Kier alpha value is -2.71. The van der Waals surface area contributed by atoms with Crippen LogP contribution in [0.5, 0.6) is 5.75 Å². The summed E-state index contributed by atoms with van der Waals surface area (Å²) in [5.41, 5.74) is 4.22. The first-order valence-corrected chi connectivity index (χ1v) is 10.0. The summed E-state index contributed by atoms with van der Waals surface area (Å²) in [5, 5.41) is 3.99. The lowest BCUT2D eigenvalue weighted by Crippen LogP contribution is -2.43. The van der Waals surface area contributed by atoms with Crippen LogP contribution in [0, 0.1) is 0 Å². The third-order valence-electron chi connectivity index (χ3n) is 4.28. The largest absolute Gasteiger partial charge is 0.483 e. The Kier molecular flexibility index (Phi) is 7.77. The third-order valence-corrected chi connectivity index (χ3v) is 4.90. The number of ether oxygens (including phenoxy) is 2. The molecular formula is C21H22BrN3O4. The zero-order valence-corrected chi connectivity index (χ0v) is 17.4. The van der Waals surface area contributed by atoms with E-state index in [2.05, 4.69) is 26.5 Å². The molecule has 29 heavy (non-hydrogen) atoms. The van der Waals surface area contributed by atoms with E-state index in [1.54, 1.807) is 29.3 Å². The molecule has 2 aromatic rings. The Morgan fingerprint density at radius 2 is 1.93 bits per heavy atom. The lowest BCUT2D eigenvalue weighted by atomic mass is 10.1. The summed E-state index contributed by atoms with van der Waals surface area (Å²) in [6.45, 7) is 2.28. The molecule has 152 valence electrons. The Balaban J connectivity index is 1.47. The highest BCUT2D eigenvalue weighted by Gasteiger charge is 2.17. The van der Waals surface area contributed by atoms with Gasteiger partial charge in [0.15, 0.2) is 6.61 Å². The van der Waals surface area contributed by atoms with E-state index in [-0.39, 0.29) is 24.8 Å². The molecular weight excluding hydrogens is 438 g/mol. The Morgan fingerprint density at radius 3 is 2.66 bits per heavy atom. The second-order valence-electron chi connectivity index (χ2n) is 6.43. The molecule has 1 aliphatic rings. The highest BCUT2D eigenvalue weighted by Crippen LogP contribution is 2.25. The van der Waals surface area contributed by atoms with Crippen LogP contribution in [0.15, 0.2) is 58.1 Å². The van der Waals surface area contributed by atoms with Crippen LogP contribution in [-0.4, -0.2) is 55.8 Å². The van der Waals surface area contributed by atoms with Crippen LogP contribution in [0.1, 0.15) is 11.1 Å². The minimum absolute atomic E-state index is 0.0262. The number of benzene rings is 2. The molecule has 2 amide bonds. The maximum atomic E-state index is 12.2. The molecule has 0 radical (unpaired) electrons. The molecule has 1 aliphatic heterocycles. The predicted octanol–water partition coefficient (Wildman–Crippen LogP) is 2.38. The summed E-state index contributed by atoms with van der Waals surface area (Å²) in [6, 6.07) is 14.8. The number of hydrogen-bond acceptors (Lipinski definition) is 5. The van der Waals surface area contributed by atoms with Crippen LogP contribution in [-0.2, 0) is 20.7 Å². The van der Waals surface area contributed by atoms with E-state index >= 15 is 0 Å². The van der Waals surface area contributed by atoms with Gasteiger partial charge in [-0.2, -0.15) is 5.10 Å². The van der Waals surface area contributed by atoms with Gasteiger partial charge in [-0.25, -0.2) is 5.43 Å². The summed E-state index contributed by atoms with van der Waals surface area (Å²) in [7, 11) is 0. The van der Waals surface area contributed by atoms with Crippen molar-refractivity contribution in [3.8, 4) is 5.75 Å². The number of nitrogens with one attached hydrogen (secondary N) is 1. The topological polar surface area (TPSA) is 80.2 Å². The molecule has 0 bridgehead atoms. The van der Waals surface area contributed by atoms with Gasteiger partial charge < -0.3 is 14.4 Å². The molecule has 1 heterocycles. The molecule has 0 aliphatic carbocycles. The minimum Gasteiger partial charge on any atom is -0.483 e. The van der Waals surface area contributed by atoms with Crippen molar-refractivity contribution in [2.24, 2.45) is 5.10 Å². The van der Waals surface area contributed by atoms with Crippen LogP contribution < -0.4 is 10.2 Å². The van der Waals surface area contributed by atoms with Gasteiger partial charge in [0, 0.05) is 13.1 Å². The lowest BCUT2D eigenvalue weighted by molar-refractivity contribution is -0.137. The van der Waals surface area contributed by atoms with Gasteiger partial charge in [0.2, 0.25) is 5.91 Å². The van der Waals surface area contributed by atoms with E-state index in [0.29, 0.717) is 36.5 Å². The molecule has 3 rings (SSSR count). The van der Waals surface area contributed by atoms with Crippen LogP contribution >= 0.6 is 15.9 Å². The number of nitrogens with zero attached hydrogens (tertiary/aromatic N) is 2. The van der Waals surface area contributed by atoms with Gasteiger partial charge in [0.1, 0.15) is 5.75 Å². The molecule has 1 saturated heterocycles. The third kappa shape index (κ3) is 6.69. The van der Waals surface area contributed by atoms with Gasteiger partial charge in [0.05, 0.1) is 30.3 Å². The normalized spacial score (nSPS) is 14.0. The van der Waals surface area contributed by atoms with Gasteiger partial charge in [0.25, 0.3) is 5.91 Å². The van der Waals surface area contributed by atoms with Gasteiger partial charge in [-0.3, -0.25) is 9.59 Å². The Morgan fingerprint density at radius 1 is 1.17 bits per heavy atom. The standard InChI is InChI=1S/C21H22BrN3O4/c22-18-12-17(14-23-24-20(26)13-16-4-2-1-3-5-16)6-7-19(18)29-15-21(27)25-8-10-28-11-9-25/h1-7,12,14H,8-11,13,15H2,(H,24,26). The summed E-state index contributed by atoms with van der Waals surface area (Å²) in [5.74, 6) is 0.317. The fourth-order valence-corrected chi connectivity index (χ4v) is 3.27. The number of amides is 2. The summed E-state index contributed by atoms with van der Waals surface area (Å²) < 4.78 is 11.6. The number of morpholine rings is 1. The van der Waals surface area contributed by atoms with Crippen molar-refractivity contribution in [3.63, 3.8) is 0 Å². The van der Waals surface area contributed by atoms with E-state index in [9.17, 15) is 9.59 Å². The molecule has 0 atom stereocenters. The quantitative estimate of drug-likeness (QED) is 0.509. The smallest absolute Gasteiger partial charge is 0.260 e. The number of hydrogen-bond donors (Lipinski definition) is 1. The number of rotatable bonds is 7. The highest BCUT2D eigenvalue weighted by molar-refractivity contribution is 9.10. The predicted molar refractivity (Wildman–Crippen MR) is 113 cm³/mol. The first kappa shape index (κ1) is 21.0. The van der Waals surface area contributed by atoms with Gasteiger partial charge in [-0.1, -0.05) is 30.3 Å². The molecule has 0 saturated carbocycles. The fourth-order valence-electron chi connectivity index (χ4n) is 2.76. The molecule has 8 heteroatoms. The summed E-state index contributed by atoms with van der Waals surface area (Å²) in [6.07, 6.45) is 1.82. The average Bonchev–Trinajstić information content (AvgIpc) is 2.74. The number of carbonyl (C=O) groups excluding carboxylic acids is 2. The SMILES string of the molecule is O=C(Cc1ccccc1)NN=Cc1ccc(OCC(=O)N2CCOCC2)c(Br)c1. The molecule has 1 N–H and O–H groups in total. The van der Waals surface area contributed by atoms with Crippen molar-refractivity contribution >= 4 is 34.0 Å². The van der Waals surface area contributed by atoms with E-state index in [1.807, 2.05) is 30.3 Å². The van der Waals surface area contributed by atoms with Crippen LogP contribution in [0.2, 0.25) is 0 Å². The van der Waals surface area contributed by atoms with Crippen molar-refractivity contribution in [2.75, 3.05) is 32.9 Å². The molecule has 0 spiro atoms. The highest BCUT2D eigenvalue weighted by atomic mass is 79.9. The molecule has 7 nitrogen and oxygen atoms in total. The van der Waals surface area contributed by atoms with Crippen LogP contribution in [0.25, 0.3) is 0 Å². The second kappa shape index (κ2) is 10.7. The molecule has 0 unspecified atom stereocenters. The van der Waals surface area contributed by atoms with Crippen molar-refractivity contribution in [3.05, 3.63) is 64.1 Å². The number of halogens is 1. The molecule has 0 aromatic heterocycles. The maximum Gasteiger partial charge on any atom is 0.260 e. The fraction of sp³-hybridized carbons (Fsp3) is 0.286. The first-order chi connectivity index (χ1) is 14.1. The van der Waals surface area contributed by atoms with Crippen molar-refractivity contribution in [2.45, 2.75) is 6.42 Å². The first-order valence-electron chi connectivity index (χ1n) is 9.25. The monoisotopic (exact) mass is 459 g/mol. The van der Waals surface area contributed by atoms with Crippen LogP contribution in [0.4, 0.5) is 0 Å². The Labute approximate surface area is 177 Å². The van der Waals surface area contributed by atoms with E-state index in [0.717, 1.165) is 11.1 Å². The minimum atomic E-state index is -0.187. The van der Waals surface area contributed by atoms with Gasteiger partial charge in [-0.15, -0.1) is 0 Å². The Bertz CT molecular complexity index is 867. The molecule has 1 fully saturated rings. The average molecular weight is 460 g/mol. The second-order valence-corrected chi connectivity index (χ2v) is 7.28. The summed E-state index contributed by atoms with van der Waals surface area (Å²) >= 11 is 3.44. The van der Waals surface area contributed by atoms with E-state index < -0.39 is 0 Å². The zero-order valence-electron chi connectivity index (χ0n) is 15.8. The van der Waals surface area contributed by atoms with Crippen molar-refractivity contribution in [1.82, 2.24) is 10.3 Å². The van der Waals surface area contributed by atoms with Crippen LogP contribution in [0.3, 0.4) is 0 Å². The van der Waals surface area contributed by atoms with Gasteiger partial charge in [-0.05, 0) is 45.3 Å².